The van der Waals surface area contributed by atoms with Crippen molar-refractivity contribution >= 4 is 23.3 Å². The van der Waals surface area contributed by atoms with Crippen LogP contribution in [0.2, 0.25) is 0 Å². The van der Waals surface area contributed by atoms with E-state index in [-0.39, 0.29) is 18.0 Å². The van der Waals surface area contributed by atoms with E-state index in [2.05, 4.69) is 42.7 Å². The predicted octanol–water partition coefficient (Wildman–Crippen LogP) is 4.93. The Labute approximate surface area is 167 Å². The number of rotatable bonds is 4. The number of fused-ring (bicyclic) bond motifs is 1. The fourth-order valence-electron chi connectivity index (χ4n) is 3.50. The van der Waals surface area contributed by atoms with E-state index in [9.17, 15) is 9.59 Å². The van der Waals surface area contributed by atoms with Crippen LogP contribution in [0, 0.1) is 0 Å². The van der Waals surface area contributed by atoms with E-state index in [0.29, 0.717) is 23.7 Å². The van der Waals surface area contributed by atoms with E-state index in [1.54, 1.807) is 24.3 Å². The molecular formula is C23H29N3O2. The van der Waals surface area contributed by atoms with Crippen LogP contribution in [0.25, 0.3) is 0 Å². The van der Waals surface area contributed by atoms with Crippen LogP contribution in [0.1, 0.15) is 61.5 Å². The van der Waals surface area contributed by atoms with Gasteiger partial charge < -0.3 is 15.5 Å². The number of nitrogens with zero attached hydrogens (tertiary/aromatic N) is 1. The summed E-state index contributed by atoms with van der Waals surface area (Å²) < 4.78 is 0. The van der Waals surface area contributed by atoms with Gasteiger partial charge in [-0.05, 0) is 68.0 Å². The Hall–Kier alpha value is -2.82. The molecule has 0 bridgehead atoms. The fourth-order valence-corrected chi connectivity index (χ4v) is 3.50. The first-order valence-corrected chi connectivity index (χ1v) is 9.97. The Kier molecular flexibility index (Phi) is 6.02. The van der Waals surface area contributed by atoms with E-state index in [0.717, 1.165) is 18.5 Å². The maximum Gasteiger partial charge on any atom is 0.319 e. The minimum atomic E-state index is -0.274. The second-order valence-corrected chi connectivity index (χ2v) is 7.94. The van der Waals surface area contributed by atoms with Crippen LogP contribution in [-0.2, 0) is 6.42 Å². The van der Waals surface area contributed by atoms with Gasteiger partial charge in [0.25, 0.3) is 5.91 Å². The molecule has 5 heteroatoms. The summed E-state index contributed by atoms with van der Waals surface area (Å²) in [7, 11) is 0. The molecule has 28 heavy (non-hydrogen) atoms. The zero-order valence-corrected chi connectivity index (χ0v) is 17.1. The summed E-state index contributed by atoms with van der Waals surface area (Å²) in [6.45, 7) is 8.87. The van der Waals surface area contributed by atoms with Gasteiger partial charge in [-0.25, -0.2) is 4.79 Å². The van der Waals surface area contributed by atoms with Gasteiger partial charge in [-0.3, -0.25) is 4.79 Å². The zero-order chi connectivity index (χ0) is 20.3. The van der Waals surface area contributed by atoms with Crippen LogP contribution >= 0.6 is 0 Å². The third-order valence-electron chi connectivity index (χ3n) is 4.92. The molecule has 1 aliphatic heterocycles. The highest BCUT2D eigenvalue weighted by atomic mass is 16.2. The normalized spacial score (nSPS) is 13.4. The first kappa shape index (κ1) is 19.9. The quantitative estimate of drug-likeness (QED) is 0.791. The summed E-state index contributed by atoms with van der Waals surface area (Å²) >= 11 is 0. The summed E-state index contributed by atoms with van der Waals surface area (Å²) in [5, 5.41) is 5.57. The molecule has 0 aromatic heterocycles. The minimum absolute atomic E-state index is 0.0360. The molecular weight excluding hydrogens is 350 g/mol. The van der Waals surface area contributed by atoms with E-state index < -0.39 is 0 Å². The molecule has 2 aromatic rings. The number of benzene rings is 2. The van der Waals surface area contributed by atoms with Gasteiger partial charge in [0, 0.05) is 29.5 Å². The minimum Gasteiger partial charge on any atom is -0.336 e. The van der Waals surface area contributed by atoms with Crippen molar-refractivity contribution in [3.05, 3.63) is 59.2 Å². The van der Waals surface area contributed by atoms with E-state index >= 15 is 0 Å². The summed E-state index contributed by atoms with van der Waals surface area (Å²) in [5.41, 5.74) is 4.71. The first-order valence-electron chi connectivity index (χ1n) is 9.97. The number of hydrogen-bond donors (Lipinski definition) is 2. The Bertz CT molecular complexity index is 874. The molecule has 0 fully saturated rings. The molecule has 148 valence electrons. The second-order valence-electron chi connectivity index (χ2n) is 7.94. The SMILES string of the molecule is CC(C)NC(=O)Nc1cccc(C(=O)N2CCCc3cc(C(C)C)ccc32)c1. The molecule has 3 amide bonds. The summed E-state index contributed by atoms with van der Waals surface area (Å²) in [6.07, 6.45) is 1.95. The van der Waals surface area contributed by atoms with E-state index in [1.165, 1.54) is 11.1 Å². The van der Waals surface area contributed by atoms with Crippen molar-refractivity contribution in [1.29, 1.82) is 0 Å². The number of carbonyl (C=O) groups is 2. The molecule has 5 nitrogen and oxygen atoms in total. The molecule has 1 aliphatic rings. The van der Waals surface area contributed by atoms with Crippen molar-refractivity contribution in [2.75, 3.05) is 16.8 Å². The van der Waals surface area contributed by atoms with Gasteiger partial charge in [-0.15, -0.1) is 0 Å². The zero-order valence-electron chi connectivity index (χ0n) is 17.1. The molecule has 0 saturated heterocycles. The monoisotopic (exact) mass is 379 g/mol. The fraction of sp³-hybridized carbons (Fsp3) is 0.391. The highest BCUT2D eigenvalue weighted by Crippen LogP contribution is 2.31. The van der Waals surface area contributed by atoms with Gasteiger partial charge in [0.1, 0.15) is 0 Å². The highest BCUT2D eigenvalue weighted by molar-refractivity contribution is 6.07. The highest BCUT2D eigenvalue weighted by Gasteiger charge is 2.24. The number of anilines is 2. The molecule has 0 aliphatic carbocycles. The summed E-state index contributed by atoms with van der Waals surface area (Å²) in [5.74, 6) is 0.433. The molecule has 3 rings (SSSR count). The Morgan fingerprint density at radius 3 is 2.54 bits per heavy atom. The molecule has 0 saturated carbocycles. The lowest BCUT2D eigenvalue weighted by Gasteiger charge is -2.30. The maximum atomic E-state index is 13.2. The average molecular weight is 380 g/mol. The third-order valence-corrected chi connectivity index (χ3v) is 4.92. The number of hydrogen-bond acceptors (Lipinski definition) is 2. The van der Waals surface area contributed by atoms with Crippen molar-refractivity contribution in [1.82, 2.24) is 5.32 Å². The van der Waals surface area contributed by atoms with Crippen LogP contribution in [0.15, 0.2) is 42.5 Å². The van der Waals surface area contributed by atoms with Crippen molar-refractivity contribution in [2.24, 2.45) is 0 Å². The van der Waals surface area contributed by atoms with Gasteiger partial charge >= 0.3 is 6.03 Å². The standard InChI is InChI=1S/C23H29N3O2/c1-15(2)17-10-11-21-18(13-17)8-6-12-26(21)22(27)19-7-5-9-20(14-19)25-23(28)24-16(3)4/h5,7,9-11,13-16H,6,8,12H2,1-4H3,(H2,24,25,28). The summed E-state index contributed by atoms with van der Waals surface area (Å²) in [4.78, 5) is 27.0. The molecule has 2 aromatic carbocycles. The third kappa shape index (κ3) is 4.53. The number of urea groups is 1. The van der Waals surface area contributed by atoms with Crippen molar-refractivity contribution in [3.63, 3.8) is 0 Å². The topological polar surface area (TPSA) is 61.4 Å². The Balaban J connectivity index is 1.82. The van der Waals surface area contributed by atoms with Crippen LogP contribution in [-0.4, -0.2) is 24.5 Å². The van der Waals surface area contributed by atoms with Gasteiger partial charge in [0.15, 0.2) is 0 Å². The van der Waals surface area contributed by atoms with Crippen molar-refractivity contribution < 1.29 is 9.59 Å². The van der Waals surface area contributed by atoms with Crippen molar-refractivity contribution in [3.8, 4) is 0 Å². The number of aryl methyl sites for hydroxylation is 1. The predicted molar refractivity (Wildman–Crippen MR) is 114 cm³/mol. The van der Waals surface area contributed by atoms with Gasteiger partial charge in [0.05, 0.1) is 0 Å². The largest absolute Gasteiger partial charge is 0.336 e. The van der Waals surface area contributed by atoms with Crippen molar-refractivity contribution in [2.45, 2.75) is 52.5 Å². The number of nitrogens with one attached hydrogen (secondary N) is 2. The lowest BCUT2D eigenvalue weighted by molar-refractivity contribution is 0.0985. The van der Waals surface area contributed by atoms with Gasteiger partial charge in [-0.2, -0.15) is 0 Å². The molecule has 0 spiro atoms. The van der Waals surface area contributed by atoms with Crippen LogP contribution in [0.3, 0.4) is 0 Å². The Morgan fingerprint density at radius 2 is 1.82 bits per heavy atom. The van der Waals surface area contributed by atoms with Gasteiger partial charge in [-0.1, -0.05) is 32.0 Å². The maximum absolute atomic E-state index is 13.2. The lowest BCUT2D eigenvalue weighted by atomic mass is 9.94. The second kappa shape index (κ2) is 8.46. The van der Waals surface area contributed by atoms with Crippen LogP contribution in [0.5, 0.6) is 0 Å². The smallest absolute Gasteiger partial charge is 0.319 e. The lowest BCUT2D eigenvalue weighted by Crippen LogP contribution is -2.36. The number of amides is 3. The average Bonchev–Trinajstić information content (AvgIpc) is 2.66. The Morgan fingerprint density at radius 1 is 1.04 bits per heavy atom. The molecule has 0 atom stereocenters. The summed E-state index contributed by atoms with van der Waals surface area (Å²) in [6, 6.07) is 13.3. The van der Waals surface area contributed by atoms with Crippen LogP contribution in [0.4, 0.5) is 16.2 Å². The molecule has 0 unspecified atom stereocenters. The molecule has 0 radical (unpaired) electrons. The first-order chi connectivity index (χ1) is 13.3. The molecule has 2 N–H and O–H groups in total. The van der Waals surface area contributed by atoms with Gasteiger partial charge in [0.2, 0.25) is 0 Å². The van der Waals surface area contributed by atoms with E-state index in [1.807, 2.05) is 18.7 Å². The van der Waals surface area contributed by atoms with E-state index in [4.69, 9.17) is 0 Å². The van der Waals surface area contributed by atoms with Crippen LogP contribution < -0.4 is 15.5 Å². The molecule has 1 heterocycles. The number of carbonyl (C=O) groups excluding carboxylic acids is 2.